The van der Waals surface area contributed by atoms with Crippen LogP contribution in [0.15, 0.2) is 11.1 Å². The van der Waals surface area contributed by atoms with E-state index in [0.29, 0.717) is 0 Å². The summed E-state index contributed by atoms with van der Waals surface area (Å²) < 4.78 is 35.6. The third-order valence-electron chi connectivity index (χ3n) is 3.49. The number of aromatic amines is 2. The Bertz CT molecular complexity index is 765. The third-order valence-corrected chi connectivity index (χ3v) is 5.03. The van der Waals surface area contributed by atoms with Crippen molar-refractivity contribution in [1.29, 1.82) is 0 Å². The second-order valence-electron chi connectivity index (χ2n) is 6.45. The Labute approximate surface area is 156 Å². The van der Waals surface area contributed by atoms with Crippen LogP contribution in [-0.2, 0) is 23.1 Å². The molecule has 2 heterocycles. The van der Waals surface area contributed by atoms with Crippen molar-refractivity contribution in [1.82, 2.24) is 9.97 Å². The van der Waals surface area contributed by atoms with Crippen LogP contribution in [0, 0.1) is 4.77 Å². The Morgan fingerprint density at radius 1 is 1.42 bits per heavy atom. The molecule has 12 heteroatoms. The van der Waals surface area contributed by atoms with Gasteiger partial charge in [-0.25, -0.2) is 23.9 Å². The Kier molecular flexibility index (Phi) is 7.26. The minimum absolute atomic E-state index is 0.0466. The molecule has 0 amide bonds. The van der Waals surface area contributed by atoms with Crippen molar-refractivity contribution in [2.24, 2.45) is 0 Å². The van der Waals surface area contributed by atoms with Crippen molar-refractivity contribution < 1.29 is 32.5 Å². The highest BCUT2D eigenvalue weighted by Gasteiger charge is 2.43. The number of phosphoric acid groups is 1. The monoisotopic (exact) mass is 410 g/mol. The number of nitrogens with zero attached hydrogens (tertiary/aromatic N) is 1. The molecule has 1 aliphatic rings. The Hall–Kier alpha value is -0.940. The lowest BCUT2D eigenvalue weighted by molar-refractivity contribution is -0.770. The molecule has 10 nitrogen and oxygen atoms in total. The number of nitrogens with one attached hydrogen (secondary N) is 2. The molecule has 1 fully saturated rings. The summed E-state index contributed by atoms with van der Waals surface area (Å²) in [5.74, 6) is 0. The third kappa shape index (κ3) is 6.05. The second kappa shape index (κ2) is 8.83. The van der Waals surface area contributed by atoms with Crippen LogP contribution < -0.4 is 10.3 Å². The summed E-state index contributed by atoms with van der Waals surface area (Å²) in [4.78, 5) is 26.1. The molecule has 4 atom stereocenters. The number of hydrogen-bond acceptors (Lipinski definition) is 7. The molecule has 148 valence electrons. The van der Waals surface area contributed by atoms with Gasteiger partial charge in [-0.2, -0.15) is 0 Å². The number of hydrogen-bond donors (Lipinski definition) is 3. The maximum Gasteiger partial charge on any atom is 0.472 e. The van der Waals surface area contributed by atoms with Crippen molar-refractivity contribution >= 4 is 20.0 Å². The van der Waals surface area contributed by atoms with Crippen LogP contribution in [0.1, 0.15) is 40.3 Å². The van der Waals surface area contributed by atoms with Crippen molar-refractivity contribution in [2.75, 3.05) is 6.61 Å². The zero-order valence-corrected chi connectivity index (χ0v) is 16.8. The maximum absolute atomic E-state index is 12.2. The van der Waals surface area contributed by atoms with Crippen LogP contribution in [0.4, 0.5) is 0 Å². The molecule has 0 saturated carbocycles. The topological polar surface area (TPSA) is 127 Å². The van der Waals surface area contributed by atoms with Gasteiger partial charge in [-0.3, -0.25) is 9.05 Å². The molecule has 3 unspecified atom stereocenters. The fourth-order valence-electron chi connectivity index (χ4n) is 2.48. The van der Waals surface area contributed by atoms with Gasteiger partial charge in [0.25, 0.3) is 0 Å². The Balaban J connectivity index is 2.19. The van der Waals surface area contributed by atoms with Crippen molar-refractivity contribution in [3.63, 3.8) is 0 Å². The van der Waals surface area contributed by atoms with Crippen LogP contribution in [0.5, 0.6) is 0 Å². The van der Waals surface area contributed by atoms with Gasteiger partial charge in [0, 0.05) is 6.42 Å². The lowest BCUT2D eigenvalue weighted by atomic mass is 10.2. The molecule has 1 aromatic rings. The quantitative estimate of drug-likeness (QED) is 0.333. The average Bonchev–Trinajstić information content (AvgIpc) is 2.85. The van der Waals surface area contributed by atoms with Crippen LogP contribution in [0.2, 0.25) is 0 Å². The lowest BCUT2D eigenvalue weighted by Crippen LogP contribution is -2.44. The second-order valence-corrected chi connectivity index (χ2v) is 8.20. The molecule has 26 heavy (non-hydrogen) atoms. The van der Waals surface area contributed by atoms with Gasteiger partial charge in [-0.05, 0) is 39.9 Å². The number of ether oxygens (including phenoxy) is 2. The summed E-state index contributed by atoms with van der Waals surface area (Å²) in [6.45, 7) is 7.17. The van der Waals surface area contributed by atoms with E-state index in [1.807, 2.05) is 13.8 Å². The van der Waals surface area contributed by atoms with E-state index in [1.54, 1.807) is 13.8 Å². The van der Waals surface area contributed by atoms with E-state index in [9.17, 15) is 14.3 Å². The van der Waals surface area contributed by atoms with E-state index < -0.39 is 38.1 Å². The van der Waals surface area contributed by atoms with Crippen molar-refractivity contribution in [3.8, 4) is 0 Å². The summed E-state index contributed by atoms with van der Waals surface area (Å²) in [6, 6.07) is 0. The van der Waals surface area contributed by atoms with Gasteiger partial charge in [-0.1, -0.05) is 0 Å². The first-order chi connectivity index (χ1) is 12.1. The highest BCUT2D eigenvalue weighted by Crippen LogP contribution is 2.48. The van der Waals surface area contributed by atoms with E-state index in [-0.39, 0.29) is 23.9 Å². The van der Waals surface area contributed by atoms with Gasteiger partial charge in [0.15, 0.2) is 12.6 Å². The fraction of sp³-hybridized carbons (Fsp3) is 0.786. The number of aromatic nitrogens is 3. The molecule has 2 rings (SSSR count). The predicted molar refractivity (Wildman–Crippen MR) is 93.0 cm³/mol. The molecule has 0 aromatic carbocycles. The average molecular weight is 410 g/mol. The largest absolute Gasteiger partial charge is 0.472 e. The van der Waals surface area contributed by atoms with Gasteiger partial charge in [0.2, 0.25) is 0 Å². The van der Waals surface area contributed by atoms with Gasteiger partial charge in [0.1, 0.15) is 12.2 Å². The van der Waals surface area contributed by atoms with E-state index in [4.69, 9.17) is 30.7 Å². The molecule has 3 N–H and O–H groups in total. The van der Waals surface area contributed by atoms with Gasteiger partial charge in [0.05, 0.1) is 18.8 Å². The number of H-pyrrole nitrogens is 2. The standard InChI is InChI=1S/C14H24N3O7PS/c1-8(2)21-6-11-10(24-25(19,20)23-9(3)4)5-12(22-11)17-7-15-13(18)16-14(17)26/h7-12H,5-6H2,1-4H3,(H2,16,18,19,20,26)/p+1/t10?,11?,12-/m1/s1. The van der Waals surface area contributed by atoms with Crippen LogP contribution in [-0.4, -0.2) is 45.9 Å². The summed E-state index contributed by atoms with van der Waals surface area (Å²) in [5.41, 5.74) is -0.443. The van der Waals surface area contributed by atoms with Gasteiger partial charge in [-0.15, -0.1) is 0 Å². The summed E-state index contributed by atoms with van der Waals surface area (Å²) >= 11 is 5.13. The van der Waals surface area contributed by atoms with Gasteiger partial charge >= 0.3 is 18.3 Å². The highest BCUT2D eigenvalue weighted by molar-refractivity contribution is 7.71. The molecule has 1 saturated heterocycles. The molecule has 0 radical (unpaired) electrons. The molecule has 0 aliphatic carbocycles. The number of phosphoric ester groups is 1. The Morgan fingerprint density at radius 2 is 2.12 bits per heavy atom. The molecular weight excluding hydrogens is 385 g/mol. The van der Waals surface area contributed by atoms with Crippen LogP contribution in [0.3, 0.4) is 0 Å². The highest BCUT2D eigenvalue weighted by atomic mass is 32.1. The zero-order chi connectivity index (χ0) is 19.5. The maximum atomic E-state index is 12.2. The van der Waals surface area contributed by atoms with Crippen molar-refractivity contribution in [3.05, 3.63) is 21.6 Å². The fourth-order valence-corrected chi connectivity index (χ4v) is 3.89. The van der Waals surface area contributed by atoms with Gasteiger partial charge < -0.3 is 14.4 Å². The summed E-state index contributed by atoms with van der Waals surface area (Å²) in [5, 5.41) is 0. The molecular formula is C14H25N3O7PS+. The SMILES string of the molecule is CC(C)OCC1O[C@@H]([n+]2c[nH]c(=O)[nH]c2=S)CC1OP(=O)(O)OC(C)C. The normalized spacial score (nSPS) is 25.7. The first-order valence-corrected chi connectivity index (χ1v) is 10.2. The smallest absolute Gasteiger partial charge is 0.376 e. The Morgan fingerprint density at radius 3 is 2.69 bits per heavy atom. The molecule has 0 spiro atoms. The summed E-state index contributed by atoms with van der Waals surface area (Å²) in [7, 11) is -4.26. The lowest BCUT2D eigenvalue weighted by Gasteiger charge is -2.22. The minimum Gasteiger partial charge on any atom is -0.376 e. The van der Waals surface area contributed by atoms with Crippen molar-refractivity contribution in [2.45, 2.75) is 64.8 Å². The van der Waals surface area contributed by atoms with E-state index in [1.165, 1.54) is 10.9 Å². The molecule has 0 bridgehead atoms. The van der Waals surface area contributed by atoms with E-state index >= 15 is 0 Å². The van der Waals surface area contributed by atoms with E-state index in [0.717, 1.165) is 0 Å². The molecule has 1 aromatic heterocycles. The first kappa shape index (κ1) is 21.4. The van der Waals surface area contributed by atoms with E-state index in [2.05, 4.69) is 9.97 Å². The predicted octanol–water partition coefficient (Wildman–Crippen LogP) is 1.34. The molecule has 1 aliphatic heterocycles. The minimum atomic E-state index is -4.26. The van der Waals surface area contributed by atoms with Crippen LogP contribution in [0.25, 0.3) is 0 Å². The first-order valence-electron chi connectivity index (χ1n) is 8.27. The van der Waals surface area contributed by atoms with Crippen LogP contribution >= 0.6 is 20.0 Å². The zero-order valence-electron chi connectivity index (χ0n) is 15.1. The summed E-state index contributed by atoms with van der Waals surface area (Å²) in [6.07, 6.45) is -0.856. The number of rotatable bonds is 8.